The smallest absolute Gasteiger partial charge is 0.455 e. The molecule has 4 atom stereocenters. The van der Waals surface area contributed by atoms with Crippen LogP contribution in [0.2, 0.25) is 6.32 Å². The van der Waals surface area contributed by atoms with Gasteiger partial charge in [-0.2, -0.15) is 0 Å². The second-order valence-electron chi connectivity index (χ2n) is 11.8. The highest BCUT2D eigenvalue weighted by Crippen LogP contribution is 2.52. The van der Waals surface area contributed by atoms with Crippen LogP contribution in [0.5, 0.6) is 5.75 Å². The van der Waals surface area contributed by atoms with Crippen LogP contribution in [0.4, 0.5) is 4.39 Å². The number of aromatic hydroxyl groups is 1. The molecule has 2 fully saturated rings. The first kappa shape index (κ1) is 31.0. The Hall–Kier alpha value is -2.98. The molecular formula is C31H41BFNO7. The van der Waals surface area contributed by atoms with E-state index in [-0.39, 0.29) is 42.9 Å². The topological polar surface area (TPSA) is 124 Å². The van der Waals surface area contributed by atoms with Crippen LogP contribution in [0, 0.1) is 29.5 Å². The molecular weight excluding hydrogens is 528 g/mol. The highest BCUT2D eigenvalue weighted by atomic mass is 19.1. The molecule has 1 aliphatic carbocycles. The summed E-state index contributed by atoms with van der Waals surface area (Å²) < 4.78 is 20.0. The number of amides is 2. The number of carbonyl (C=O) groups excluding carboxylic acids is 2. The number of benzene rings is 1. The van der Waals surface area contributed by atoms with Crippen molar-refractivity contribution in [2.24, 2.45) is 23.7 Å². The lowest BCUT2D eigenvalue weighted by Gasteiger charge is -2.44. The van der Waals surface area contributed by atoms with Gasteiger partial charge in [0.1, 0.15) is 0 Å². The zero-order chi connectivity index (χ0) is 29.8. The van der Waals surface area contributed by atoms with Crippen molar-refractivity contribution in [2.75, 3.05) is 6.54 Å². The molecule has 1 aromatic rings. The van der Waals surface area contributed by atoms with Crippen LogP contribution in [0.15, 0.2) is 34.9 Å². The molecule has 4 rings (SSSR count). The van der Waals surface area contributed by atoms with Crippen molar-refractivity contribution in [3.05, 3.63) is 46.3 Å². The second kappa shape index (κ2) is 13.3. The van der Waals surface area contributed by atoms with Gasteiger partial charge in [0.2, 0.25) is 11.8 Å². The van der Waals surface area contributed by atoms with Gasteiger partial charge in [0.25, 0.3) is 0 Å². The largest absolute Gasteiger partial charge is 0.505 e. The van der Waals surface area contributed by atoms with Gasteiger partial charge in [0.15, 0.2) is 11.6 Å². The molecule has 222 valence electrons. The summed E-state index contributed by atoms with van der Waals surface area (Å²) in [5.74, 6) is -3.40. The van der Waals surface area contributed by atoms with Crippen LogP contribution < -0.4 is 0 Å². The standard InChI is InChI=1S/C31H41BFNO7/c1-4-19(14-20-9-11-25(35)24(33)15-20)10-12-26-28-21(18(2)3)16-22-29(23(28)17-32(40)41-26)31(39)34(30(22)38)13-7-5-6-8-27(36)37/h9,11,14-15,18,22-23,26,29,35,40H,4-8,10,12-13,16-17H2,1-3H3,(H,36,37)/b19-14+/t22-,23+,26-,29-/m1/s1. The molecule has 2 aliphatic heterocycles. The van der Waals surface area contributed by atoms with Crippen molar-refractivity contribution in [2.45, 2.75) is 84.6 Å². The van der Waals surface area contributed by atoms with E-state index in [1.807, 2.05) is 13.0 Å². The number of rotatable bonds is 12. The van der Waals surface area contributed by atoms with E-state index in [1.165, 1.54) is 17.0 Å². The first-order valence-corrected chi connectivity index (χ1v) is 14.8. The molecule has 2 heterocycles. The maximum Gasteiger partial charge on any atom is 0.455 e. The lowest BCUT2D eigenvalue weighted by atomic mass is 9.57. The van der Waals surface area contributed by atoms with Crippen LogP contribution in [-0.2, 0) is 19.0 Å². The Morgan fingerprint density at radius 3 is 2.59 bits per heavy atom. The van der Waals surface area contributed by atoms with Crippen molar-refractivity contribution in [1.29, 1.82) is 0 Å². The predicted octanol–water partition coefficient (Wildman–Crippen LogP) is 5.20. The molecule has 1 aromatic carbocycles. The summed E-state index contributed by atoms with van der Waals surface area (Å²) in [5.41, 5.74) is 3.89. The van der Waals surface area contributed by atoms with Gasteiger partial charge in [-0.15, -0.1) is 0 Å². The monoisotopic (exact) mass is 569 g/mol. The summed E-state index contributed by atoms with van der Waals surface area (Å²) in [5, 5.41) is 29.1. The van der Waals surface area contributed by atoms with Crippen molar-refractivity contribution in [1.82, 2.24) is 4.90 Å². The quantitative estimate of drug-likeness (QED) is 0.137. The lowest BCUT2D eigenvalue weighted by molar-refractivity contribution is -0.141. The van der Waals surface area contributed by atoms with Crippen LogP contribution in [-0.4, -0.2) is 57.7 Å². The number of allylic oxidation sites excluding steroid dienone is 2. The number of aliphatic carboxylic acids is 1. The zero-order valence-electron chi connectivity index (χ0n) is 24.1. The van der Waals surface area contributed by atoms with E-state index in [4.69, 9.17) is 9.76 Å². The molecule has 3 aliphatic rings. The fourth-order valence-electron chi connectivity index (χ4n) is 6.77. The SMILES string of the molecule is CC/C(=C\c1ccc(O)c(F)c1)CC[C@H]1OB(O)C[C@H]2C1=C(C(C)C)C[C@H]1C(=O)N(CCCCCC(=O)O)C(=O)[C@H]12. The van der Waals surface area contributed by atoms with Crippen molar-refractivity contribution >= 4 is 31.0 Å². The third-order valence-corrected chi connectivity index (χ3v) is 8.83. The molecule has 2 amide bonds. The first-order chi connectivity index (χ1) is 19.5. The van der Waals surface area contributed by atoms with E-state index in [2.05, 4.69) is 13.8 Å². The number of carbonyl (C=O) groups is 3. The summed E-state index contributed by atoms with van der Waals surface area (Å²) in [6, 6.07) is 4.28. The summed E-state index contributed by atoms with van der Waals surface area (Å²) in [7, 11) is -1.05. The molecule has 2 saturated heterocycles. The number of hydrogen-bond acceptors (Lipinski definition) is 6. The maximum absolute atomic E-state index is 13.9. The number of phenols is 1. The minimum atomic E-state index is -1.05. The predicted molar refractivity (Wildman–Crippen MR) is 153 cm³/mol. The molecule has 0 bridgehead atoms. The number of likely N-dealkylation sites (tertiary alicyclic amines) is 1. The average Bonchev–Trinajstić information content (AvgIpc) is 3.16. The van der Waals surface area contributed by atoms with Gasteiger partial charge in [-0.3, -0.25) is 19.3 Å². The average molecular weight is 569 g/mol. The molecule has 10 heteroatoms. The Morgan fingerprint density at radius 1 is 1.17 bits per heavy atom. The van der Waals surface area contributed by atoms with Gasteiger partial charge < -0.3 is 19.9 Å². The lowest BCUT2D eigenvalue weighted by Crippen LogP contribution is -2.46. The zero-order valence-corrected chi connectivity index (χ0v) is 24.1. The molecule has 41 heavy (non-hydrogen) atoms. The number of nitrogens with zero attached hydrogens (tertiary/aromatic N) is 1. The molecule has 0 saturated carbocycles. The number of carboxylic acids is 1. The third-order valence-electron chi connectivity index (χ3n) is 8.83. The van der Waals surface area contributed by atoms with E-state index in [9.17, 15) is 28.9 Å². The van der Waals surface area contributed by atoms with Crippen LogP contribution >= 0.6 is 0 Å². The Bertz CT molecular complexity index is 1230. The van der Waals surface area contributed by atoms with Crippen LogP contribution in [0.3, 0.4) is 0 Å². The number of phenolic OH excluding ortho intramolecular Hbond substituents is 1. The molecule has 0 radical (unpaired) electrons. The highest BCUT2D eigenvalue weighted by Gasteiger charge is 2.57. The second-order valence-corrected chi connectivity index (χ2v) is 11.8. The minimum absolute atomic E-state index is 0.0697. The van der Waals surface area contributed by atoms with Gasteiger partial charge in [-0.05, 0) is 80.0 Å². The Labute approximate surface area is 241 Å². The van der Waals surface area contributed by atoms with Crippen LogP contribution in [0.1, 0.15) is 77.7 Å². The van der Waals surface area contributed by atoms with Gasteiger partial charge in [0.05, 0.1) is 17.9 Å². The van der Waals surface area contributed by atoms with Crippen molar-refractivity contribution < 1.29 is 38.7 Å². The van der Waals surface area contributed by atoms with E-state index < -0.39 is 42.6 Å². The van der Waals surface area contributed by atoms with E-state index in [1.54, 1.807) is 6.07 Å². The highest BCUT2D eigenvalue weighted by molar-refractivity contribution is 6.43. The molecule has 0 spiro atoms. The van der Waals surface area contributed by atoms with Gasteiger partial charge in [0, 0.05) is 13.0 Å². The summed E-state index contributed by atoms with van der Waals surface area (Å²) in [6.45, 7) is 6.47. The molecule has 3 N–H and O–H groups in total. The molecule has 8 nitrogen and oxygen atoms in total. The normalized spacial score (nSPS) is 24.8. The maximum atomic E-state index is 13.9. The first-order valence-electron chi connectivity index (χ1n) is 14.8. The van der Waals surface area contributed by atoms with E-state index in [0.717, 1.165) is 23.1 Å². The Morgan fingerprint density at radius 2 is 1.93 bits per heavy atom. The number of halogens is 1. The third kappa shape index (κ3) is 6.92. The molecule has 0 aromatic heterocycles. The Kier molecular flexibility index (Phi) is 10.1. The van der Waals surface area contributed by atoms with Gasteiger partial charge >= 0.3 is 13.1 Å². The number of hydrogen-bond donors (Lipinski definition) is 3. The minimum Gasteiger partial charge on any atom is -0.505 e. The van der Waals surface area contributed by atoms with Gasteiger partial charge in [-0.25, -0.2) is 4.39 Å². The number of imide groups is 1. The van der Waals surface area contributed by atoms with Crippen molar-refractivity contribution in [3.8, 4) is 5.75 Å². The summed E-state index contributed by atoms with van der Waals surface area (Å²) in [6.07, 6.45) is 5.98. The van der Waals surface area contributed by atoms with Crippen LogP contribution in [0.25, 0.3) is 6.08 Å². The van der Waals surface area contributed by atoms with E-state index in [0.29, 0.717) is 44.1 Å². The van der Waals surface area contributed by atoms with Crippen molar-refractivity contribution in [3.63, 3.8) is 0 Å². The fourth-order valence-corrected chi connectivity index (χ4v) is 6.77. The molecule has 0 unspecified atom stereocenters. The fraction of sp³-hybridized carbons (Fsp3) is 0.581. The Balaban J connectivity index is 1.53. The van der Waals surface area contributed by atoms with Gasteiger partial charge in [-0.1, -0.05) is 50.5 Å². The summed E-state index contributed by atoms with van der Waals surface area (Å²) >= 11 is 0. The number of fused-ring (bicyclic) bond motifs is 3. The number of carboxylic acid groups (broad SMARTS) is 1. The number of unbranched alkanes of at least 4 members (excludes halogenated alkanes) is 2. The van der Waals surface area contributed by atoms with E-state index >= 15 is 0 Å². The summed E-state index contributed by atoms with van der Waals surface area (Å²) in [4.78, 5) is 39.2.